The van der Waals surface area contributed by atoms with E-state index in [0.29, 0.717) is 0 Å². The van der Waals surface area contributed by atoms with Crippen LogP contribution in [0.3, 0.4) is 0 Å². The zero-order valence-electron chi connectivity index (χ0n) is 11.4. The molecule has 0 spiro atoms. The van der Waals surface area contributed by atoms with Crippen molar-refractivity contribution in [3.63, 3.8) is 0 Å². The van der Waals surface area contributed by atoms with Crippen LogP contribution in [0, 0.1) is 9.39 Å². The highest BCUT2D eigenvalue weighted by Gasteiger charge is 2.14. The molecular formula is C16H18FIN2. The molecule has 0 aromatic heterocycles. The molecule has 2 aromatic carbocycles. The molecule has 0 bridgehead atoms. The molecule has 20 heavy (non-hydrogen) atoms. The van der Waals surface area contributed by atoms with Crippen LogP contribution in [0.25, 0.3) is 0 Å². The summed E-state index contributed by atoms with van der Waals surface area (Å²) in [6, 6.07) is 13.3. The van der Waals surface area contributed by atoms with Crippen LogP contribution in [0.4, 0.5) is 4.39 Å². The van der Waals surface area contributed by atoms with Gasteiger partial charge in [0.25, 0.3) is 0 Å². The fraction of sp³-hybridized carbons (Fsp3) is 0.250. The summed E-state index contributed by atoms with van der Waals surface area (Å²) >= 11 is 2.14. The molecule has 0 aliphatic heterocycles. The van der Waals surface area contributed by atoms with E-state index >= 15 is 0 Å². The lowest BCUT2D eigenvalue weighted by Crippen LogP contribution is -2.30. The van der Waals surface area contributed by atoms with E-state index in [4.69, 9.17) is 5.84 Å². The van der Waals surface area contributed by atoms with Crippen LogP contribution in [0.1, 0.15) is 29.7 Å². The van der Waals surface area contributed by atoms with Gasteiger partial charge in [0.05, 0.1) is 6.04 Å². The van der Waals surface area contributed by atoms with Gasteiger partial charge < -0.3 is 0 Å². The predicted octanol–water partition coefficient (Wildman–Crippen LogP) is 3.74. The minimum Gasteiger partial charge on any atom is -0.271 e. The van der Waals surface area contributed by atoms with Gasteiger partial charge in [0, 0.05) is 3.57 Å². The normalized spacial score (nSPS) is 12.4. The molecule has 0 fully saturated rings. The molecule has 0 aliphatic carbocycles. The molecule has 0 radical (unpaired) electrons. The molecule has 0 heterocycles. The van der Waals surface area contributed by atoms with Gasteiger partial charge in [-0.15, -0.1) is 0 Å². The van der Waals surface area contributed by atoms with Crippen molar-refractivity contribution in [2.75, 3.05) is 0 Å². The molecule has 2 nitrogen and oxygen atoms in total. The molecule has 1 unspecified atom stereocenters. The minimum absolute atomic E-state index is 0.0185. The van der Waals surface area contributed by atoms with Gasteiger partial charge in [-0.25, -0.2) is 4.39 Å². The van der Waals surface area contributed by atoms with E-state index in [1.54, 1.807) is 6.07 Å². The summed E-state index contributed by atoms with van der Waals surface area (Å²) < 4.78 is 14.1. The maximum atomic E-state index is 13.2. The second-order valence-corrected chi connectivity index (χ2v) is 5.92. The Morgan fingerprint density at radius 1 is 1.15 bits per heavy atom. The quantitative estimate of drug-likeness (QED) is 0.468. The van der Waals surface area contributed by atoms with E-state index in [-0.39, 0.29) is 11.9 Å². The van der Waals surface area contributed by atoms with Gasteiger partial charge >= 0.3 is 0 Å². The Morgan fingerprint density at radius 3 is 2.35 bits per heavy atom. The van der Waals surface area contributed by atoms with Crippen LogP contribution in [0.15, 0.2) is 42.5 Å². The van der Waals surface area contributed by atoms with Gasteiger partial charge in [-0.3, -0.25) is 11.3 Å². The smallest absolute Gasteiger partial charge is 0.124 e. The number of hydrogen-bond donors (Lipinski definition) is 2. The van der Waals surface area contributed by atoms with Crippen molar-refractivity contribution in [1.82, 2.24) is 5.43 Å². The molecule has 106 valence electrons. The summed E-state index contributed by atoms with van der Waals surface area (Å²) in [7, 11) is 0. The first-order valence-electron chi connectivity index (χ1n) is 6.63. The molecule has 0 amide bonds. The lowest BCUT2D eigenvalue weighted by Gasteiger charge is -2.18. The highest BCUT2D eigenvalue weighted by Crippen LogP contribution is 2.24. The topological polar surface area (TPSA) is 38.0 Å². The van der Waals surface area contributed by atoms with E-state index in [1.807, 2.05) is 0 Å². The van der Waals surface area contributed by atoms with Crippen molar-refractivity contribution in [2.24, 2.45) is 5.84 Å². The summed E-state index contributed by atoms with van der Waals surface area (Å²) in [5, 5.41) is 0. The number of benzene rings is 2. The van der Waals surface area contributed by atoms with Crippen LogP contribution in [0.2, 0.25) is 0 Å². The Morgan fingerprint density at radius 2 is 1.80 bits per heavy atom. The van der Waals surface area contributed by atoms with Crippen LogP contribution in [-0.4, -0.2) is 0 Å². The summed E-state index contributed by atoms with van der Waals surface area (Å²) in [4.78, 5) is 0. The molecule has 2 aromatic rings. The zero-order chi connectivity index (χ0) is 14.5. The number of hydrogen-bond acceptors (Lipinski definition) is 2. The summed E-state index contributed by atoms with van der Waals surface area (Å²) in [5.41, 5.74) is 6.39. The number of rotatable bonds is 5. The Balaban J connectivity index is 2.19. The van der Waals surface area contributed by atoms with Crippen molar-refractivity contribution in [3.05, 3.63) is 68.5 Å². The lowest BCUT2D eigenvalue weighted by atomic mass is 9.98. The minimum atomic E-state index is -0.221. The lowest BCUT2D eigenvalue weighted by molar-refractivity contribution is 0.546. The van der Waals surface area contributed by atoms with Crippen LogP contribution < -0.4 is 11.3 Å². The van der Waals surface area contributed by atoms with E-state index < -0.39 is 0 Å². The summed E-state index contributed by atoms with van der Waals surface area (Å²) in [5.74, 6) is 5.45. The second kappa shape index (κ2) is 7.15. The molecule has 3 N–H and O–H groups in total. The first-order chi connectivity index (χ1) is 9.63. The summed E-state index contributed by atoms with van der Waals surface area (Å²) in [6.07, 6.45) is 1.82. The highest BCUT2D eigenvalue weighted by atomic mass is 127. The van der Waals surface area contributed by atoms with Gasteiger partial charge in [-0.05, 0) is 64.3 Å². The highest BCUT2D eigenvalue weighted by molar-refractivity contribution is 14.1. The van der Waals surface area contributed by atoms with Gasteiger partial charge in [-0.1, -0.05) is 37.3 Å². The largest absolute Gasteiger partial charge is 0.271 e. The van der Waals surface area contributed by atoms with E-state index in [2.05, 4.69) is 59.2 Å². The number of hydrazine groups is 1. The standard InChI is InChI=1S/C16H18FIN2/c1-2-11-3-5-12(6-4-11)9-16(20-19)14-8-7-13(17)10-15(14)18/h3-8,10,16,20H,2,9,19H2,1H3. The fourth-order valence-electron chi connectivity index (χ4n) is 2.19. The third-order valence-corrected chi connectivity index (χ3v) is 4.34. The van der Waals surface area contributed by atoms with Crippen LogP contribution in [-0.2, 0) is 12.8 Å². The van der Waals surface area contributed by atoms with Crippen molar-refractivity contribution < 1.29 is 4.39 Å². The number of nitrogens with one attached hydrogen (secondary N) is 1. The first kappa shape index (κ1) is 15.4. The average molecular weight is 384 g/mol. The van der Waals surface area contributed by atoms with E-state index in [0.717, 1.165) is 22.0 Å². The number of nitrogens with two attached hydrogens (primary N) is 1. The predicted molar refractivity (Wildman–Crippen MR) is 88.7 cm³/mol. The van der Waals surface area contributed by atoms with Gasteiger partial charge in [-0.2, -0.15) is 0 Å². The van der Waals surface area contributed by atoms with Crippen molar-refractivity contribution >= 4 is 22.6 Å². The zero-order valence-corrected chi connectivity index (χ0v) is 13.5. The Hall–Kier alpha value is -0.980. The maximum Gasteiger partial charge on any atom is 0.124 e. The Labute approximate surface area is 132 Å². The van der Waals surface area contributed by atoms with Crippen molar-refractivity contribution in [1.29, 1.82) is 0 Å². The van der Waals surface area contributed by atoms with Crippen LogP contribution in [0.5, 0.6) is 0 Å². The molecule has 0 aliphatic rings. The fourth-order valence-corrected chi connectivity index (χ4v) is 3.04. The first-order valence-corrected chi connectivity index (χ1v) is 7.70. The van der Waals surface area contributed by atoms with Crippen molar-refractivity contribution in [2.45, 2.75) is 25.8 Å². The molecule has 0 saturated heterocycles. The molecule has 2 rings (SSSR count). The van der Waals surface area contributed by atoms with Crippen molar-refractivity contribution in [3.8, 4) is 0 Å². The van der Waals surface area contributed by atoms with Gasteiger partial charge in [0.1, 0.15) is 5.82 Å². The van der Waals surface area contributed by atoms with Gasteiger partial charge in [0.15, 0.2) is 0 Å². The molecule has 1 atom stereocenters. The van der Waals surface area contributed by atoms with Gasteiger partial charge in [0.2, 0.25) is 0 Å². The molecule has 4 heteroatoms. The van der Waals surface area contributed by atoms with Crippen LogP contribution >= 0.6 is 22.6 Å². The monoisotopic (exact) mass is 384 g/mol. The SMILES string of the molecule is CCc1ccc(CC(NN)c2ccc(F)cc2I)cc1. The third kappa shape index (κ3) is 3.77. The van der Waals surface area contributed by atoms with E-state index in [1.165, 1.54) is 23.3 Å². The average Bonchev–Trinajstić information content (AvgIpc) is 2.46. The number of aryl methyl sites for hydroxylation is 1. The second-order valence-electron chi connectivity index (χ2n) is 4.76. The molecular weight excluding hydrogens is 366 g/mol. The Bertz CT molecular complexity index is 569. The maximum absolute atomic E-state index is 13.2. The Kier molecular flexibility index (Phi) is 5.51. The summed E-state index contributed by atoms with van der Waals surface area (Å²) in [6.45, 7) is 2.14. The number of halogens is 2. The third-order valence-electron chi connectivity index (χ3n) is 3.41. The molecule has 0 saturated carbocycles. The van der Waals surface area contributed by atoms with E-state index in [9.17, 15) is 4.39 Å².